The third kappa shape index (κ3) is 2.79. The molecule has 4 rings (SSSR count). The Kier molecular flexibility index (Phi) is 3.79. The Labute approximate surface area is 144 Å². The minimum Gasteiger partial charge on any atom is -0.368 e. The molecule has 0 aliphatic carbocycles. The van der Waals surface area contributed by atoms with Crippen LogP contribution >= 0.6 is 0 Å². The largest absolute Gasteiger partial charge is 0.368 e. The van der Waals surface area contributed by atoms with Crippen LogP contribution in [-0.4, -0.2) is 49.2 Å². The van der Waals surface area contributed by atoms with Gasteiger partial charge in [-0.15, -0.1) is 15.3 Å². The van der Waals surface area contributed by atoms with E-state index < -0.39 is 0 Å². The van der Waals surface area contributed by atoms with E-state index in [9.17, 15) is 4.79 Å². The number of likely N-dealkylation sites (tertiary alicyclic amines) is 1. The highest BCUT2D eigenvalue weighted by Crippen LogP contribution is 2.36. The van der Waals surface area contributed by atoms with Gasteiger partial charge in [0.25, 0.3) is 0 Å². The van der Waals surface area contributed by atoms with Crippen LogP contribution in [0.3, 0.4) is 0 Å². The summed E-state index contributed by atoms with van der Waals surface area (Å²) in [6, 6.07) is 7.70. The average molecular weight is 337 g/mol. The highest BCUT2D eigenvalue weighted by atomic mass is 16.2. The molecule has 0 aromatic carbocycles. The zero-order valence-electron chi connectivity index (χ0n) is 14.1. The van der Waals surface area contributed by atoms with E-state index in [1.807, 2.05) is 49.3 Å². The quantitative estimate of drug-likeness (QED) is 0.775. The number of hydrogen-bond acceptors (Lipinski definition) is 6. The molecule has 1 fully saturated rings. The van der Waals surface area contributed by atoms with Gasteiger partial charge in [0.15, 0.2) is 11.5 Å². The zero-order chi connectivity index (χ0) is 17.4. The topological polar surface area (TPSA) is 88.3 Å². The summed E-state index contributed by atoms with van der Waals surface area (Å²) < 4.78 is 1.70. The smallest absolute Gasteiger partial charge is 0.223 e. The van der Waals surface area contributed by atoms with Crippen molar-refractivity contribution in [2.45, 2.75) is 19.4 Å². The number of aromatic nitrogens is 5. The van der Waals surface area contributed by atoms with Crippen molar-refractivity contribution >= 4 is 17.4 Å². The van der Waals surface area contributed by atoms with Crippen LogP contribution in [-0.2, 0) is 4.79 Å². The number of anilines is 1. The van der Waals surface area contributed by atoms with E-state index >= 15 is 0 Å². The van der Waals surface area contributed by atoms with Crippen molar-refractivity contribution in [2.24, 2.45) is 5.92 Å². The van der Waals surface area contributed by atoms with E-state index in [1.54, 1.807) is 10.7 Å². The van der Waals surface area contributed by atoms with Crippen molar-refractivity contribution < 1.29 is 4.79 Å². The van der Waals surface area contributed by atoms with Crippen LogP contribution in [0.4, 0.5) is 5.82 Å². The van der Waals surface area contributed by atoms with Gasteiger partial charge in [0.1, 0.15) is 5.82 Å². The van der Waals surface area contributed by atoms with Crippen LogP contribution in [0.1, 0.15) is 23.9 Å². The minimum absolute atomic E-state index is 0.0223. The van der Waals surface area contributed by atoms with E-state index in [4.69, 9.17) is 0 Å². The molecule has 1 N–H and O–H groups in total. The van der Waals surface area contributed by atoms with Crippen molar-refractivity contribution in [1.82, 2.24) is 29.7 Å². The Hall–Kier alpha value is -3.03. The predicted octanol–water partition coefficient (Wildman–Crippen LogP) is 1.46. The van der Waals surface area contributed by atoms with E-state index in [2.05, 4.69) is 25.6 Å². The highest BCUT2D eigenvalue weighted by molar-refractivity contribution is 5.79. The molecule has 0 radical (unpaired) electrons. The number of nitrogens with one attached hydrogen (secondary N) is 1. The maximum atomic E-state index is 12.2. The van der Waals surface area contributed by atoms with Crippen molar-refractivity contribution in [1.29, 1.82) is 0 Å². The zero-order valence-corrected chi connectivity index (χ0v) is 14.1. The van der Waals surface area contributed by atoms with Gasteiger partial charge in [-0.1, -0.05) is 6.07 Å². The molecule has 1 saturated heterocycles. The molecule has 0 spiro atoms. The fourth-order valence-corrected chi connectivity index (χ4v) is 3.41. The molecule has 8 nitrogen and oxygen atoms in total. The van der Waals surface area contributed by atoms with Gasteiger partial charge in [-0.2, -0.15) is 4.52 Å². The summed E-state index contributed by atoms with van der Waals surface area (Å²) in [5, 5.41) is 15.9. The first-order valence-corrected chi connectivity index (χ1v) is 8.22. The number of hydrogen-bond donors (Lipinski definition) is 1. The molecule has 1 aliphatic heterocycles. The molecule has 0 unspecified atom stereocenters. The Morgan fingerprint density at radius 2 is 2.16 bits per heavy atom. The first kappa shape index (κ1) is 15.5. The fraction of sp³-hybridized carbons (Fsp3) is 0.353. The van der Waals surface area contributed by atoms with Gasteiger partial charge >= 0.3 is 0 Å². The molecule has 0 bridgehead atoms. The molecule has 8 heteroatoms. The second kappa shape index (κ2) is 6.12. The summed E-state index contributed by atoms with van der Waals surface area (Å²) in [4.78, 5) is 18.2. The molecule has 25 heavy (non-hydrogen) atoms. The van der Waals surface area contributed by atoms with Crippen molar-refractivity contribution in [3.05, 3.63) is 48.0 Å². The molecule has 1 amide bonds. The fourth-order valence-electron chi connectivity index (χ4n) is 3.41. The lowest BCUT2D eigenvalue weighted by atomic mass is 9.95. The van der Waals surface area contributed by atoms with Crippen molar-refractivity contribution in [3.8, 4) is 0 Å². The average Bonchev–Trinajstić information content (AvgIpc) is 3.14. The Balaban J connectivity index is 1.54. The van der Waals surface area contributed by atoms with Gasteiger partial charge in [0.05, 0.1) is 6.04 Å². The SMILES string of the molecule is Cc1nnc2ccc(NC[C@@H]3CC(=O)N(C)[C@H]3c3cccnc3)nn12. The molecule has 3 aromatic rings. The summed E-state index contributed by atoms with van der Waals surface area (Å²) >= 11 is 0. The van der Waals surface area contributed by atoms with Crippen LogP contribution in [0.2, 0.25) is 0 Å². The second-order valence-corrected chi connectivity index (χ2v) is 6.32. The maximum absolute atomic E-state index is 12.2. The lowest BCUT2D eigenvalue weighted by molar-refractivity contribution is -0.127. The number of rotatable bonds is 4. The van der Waals surface area contributed by atoms with Crippen molar-refractivity contribution in [2.75, 3.05) is 18.9 Å². The molecular formula is C17H19N7O. The predicted molar refractivity (Wildman–Crippen MR) is 91.9 cm³/mol. The lowest BCUT2D eigenvalue weighted by Crippen LogP contribution is -2.26. The number of amides is 1. The van der Waals surface area contributed by atoms with Gasteiger partial charge in [0, 0.05) is 38.3 Å². The second-order valence-electron chi connectivity index (χ2n) is 6.32. The first-order valence-electron chi connectivity index (χ1n) is 8.22. The lowest BCUT2D eigenvalue weighted by Gasteiger charge is -2.25. The van der Waals surface area contributed by atoms with Gasteiger partial charge in [-0.3, -0.25) is 9.78 Å². The van der Waals surface area contributed by atoms with E-state index in [0.29, 0.717) is 18.6 Å². The molecule has 0 saturated carbocycles. The molecular weight excluding hydrogens is 318 g/mol. The minimum atomic E-state index is 0.0223. The summed E-state index contributed by atoms with van der Waals surface area (Å²) in [5.41, 5.74) is 1.77. The first-order chi connectivity index (χ1) is 12.1. The number of carbonyl (C=O) groups is 1. The summed E-state index contributed by atoms with van der Waals surface area (Å²) in [6.45, 7) is 2.51. The number of aryl methyl sites for hydroxylation is 1. The Bertz CT molecular complexity index is 908. The van der Waals surface area contributed by atoms with Crippen LogP contribution in [0.25, 0.3) is 5.65 Å². The van der Waals surface area contributed by atoms with Crippen LogP contribution in [0, 0.1) is 12.8 Å². The van der Waals surface area contributed by atoms with Crippen LogP contribution in [0.15, 0.2) is 36.7 Å². The highest BCUT2D eigenvalue weighted by Gasteiger charge is 2.38. The third-order valence-electron chi connectivity index (χ3n) is 4.68. The van der Waals surface area contributed by atoms with E-state index in [1.165, 1.54) is 0 Å². The number of pyridine rings is 1. The summed E-state index contributed by atoms with van der Waals surface area (Å²) in [5.74, 6) is 1.78. The van der Waals surface area contributed by atoms with Crippen LogP contribution in [0.5, 0.6) is 0 Å². The summed E-state index contributed by atoms with van der Waals surface area (Å²) in [6.07, 6.45) is 4.09. The Morgan fingerprint density at radius 3 is 2.96 bits per heavy atom. The molecule has 2 atom stereocenters. The van der Waals surface area contributed by atoms with Gasteiger partial charge in [-0.05, 0) is 30.7 Å². The van der Waals surface area contributed by atoms with Crippen molar-refractivity contribution in [3.63, 3.8) is 0 Å². The van der Waals surface area contributed by atoms with Gasteiger partial charge in [0.2, 0.25) is 5.91 Å². The van der Waals surface area contributed by atoms with Gasteiger partial charge in [-0.25, -0.2) is 0 Å². The standard InChI is InChI=1S/C17H19N7O/c1-11-20-21-15-6-5-14(22-24(11)15)19-10-13-8-16(25)23(2)17(13)12-4-3-7-18-9-12/h3-7,9,13,17H,8,10H2,1-2H3,(H,19,22)/t13-,17-/m0/s1. The van der Waals surface area contributed by atoms with Gasteiger partial charge < -0.3 is 10.2 Å². The van der Waals surface area contributed by atoms with E-state index in [-0.39, 0.29) is 17.9 Å². The molecule has 4 heterocycles. The third-order valence-corrected chi connectivity index (χ3v) is 4.68. The normalized spacial score (nSPS) is 20.4. The Morgan fingerprint density at radius 1 is 1.28 bits per heavy atom. The summed E-state index contributed by atoms with van der Waals surface area (Å²) in [7, 11) is 1.85. The number of carbonyl (C=O) groups excluding carboxylic acids is 1. The van der Waals surface area contributed by atoms with E-state index in [0.717, 1.165) is 17.2 Å². The molecule has 128 valence electrons. The maximum Gasteiger partial charge on any atom is 0.223 e. The van der Waals surface area contributed by atoms with Crippen LogP contribution < -0.4 is 5.32 Å². The molecule has 1 aliphatic rings. The molecule has 3 aromatic heterocycles. The monoisotopic (exact) mass is 337 g/mol. The number of nitrogens with zero attached hydrogens (tertiary/aromatic N) is 6. The number of fused-ring (bicyclic) bond motifs is 1.